The molecule has 0 aliphatic rings. The Hall–Kier alpha value is -5.52. The number of nitrogens with zero attached hydrogens (tertiary/aromatic N) is 7. The van der Waals surface area contributed by atoms with Crippen LogP contribution in [0.15, 0.2) is 60.9 Å². The van der Waals surface area contributed by atoms with Gasteiger partial charge in [0.05, 0.1) is 21.7 Å². The smallest absolute Gasteiger partial charge is 0.280 e. The molecule has 0 saturated heterocycles. The molecule has 0 fully saturated rings. The zero-order valence-electron chi connectivity index (χ0n) is 29.3. The highest BCUT2D eigenvalue weighted by Crippen LogP contribution is 2.34. The molecule has 0 aliphatic carbocycles. The number of aromatic nitrogens is 6. The van der Waals surface area contributed by atoms with Crippen molar-refractivity contribution in [2.24, 2.45) is 14.1 Å². The molecule has 0 saturated carbocycles. The first kappa shape index (κ1) is 33.8. The van der Waals surface area contributed by atoms with Gasteiger partial charge in [-0.3, -0.25) is 19.5 Å². The number of hydrogen-bond donors (Lipinski definition) is 3. The van der Waals surface area contributed by atoms with E-state index in [0.717, 1.165) is 50.9 Å². The van der Waals surface area contributed by atoms with Gasteiger partial charge in [0.25, 0.3) is 5.69 Å². The van der Waals surface area contributed by atoms with Gasteiger partial charge in [-0.15, -0.1) is 0 Å². The summed E-state index contributed by atoms with van der Waals surface area (Å²) in [6.07, 6.45) is 3.36. The summed E-state index contributed by atoms with van der Waals surface area (Å²) in [5.74, 6) is 3.06. The molecule has 0 radical (unpaired) electrons. The SMILES string of the molecule is Cc1ccc2c(Nc3cc(C(C)(C)C)nn3C)nccc2c1N.Cc1ccc2c(Nc3cc(C(C)(C)C)nn3C)nccc2c1[N+](=O)[O-]. The molecule has 0 unspecified atom stereocenters. The first-order valence-electron chi connectivity index (χ1n) is 15.7. The molecule has 250 valence electrons. The van der Waals surface area contributed by atoms with Gasteiger partial charge in [-0.1, -0.05) is 59.7 Å². The quantitative estimate of drug-likeness (QED) is 0.0954. The molecule has 6 aromatic rings. The number of benzene rings is 2. The molecule has 4 N–H and O–H groups in total. The van der Waals surface area contributed by atoms with Crippen molar-refractivity contribution >= 4 is 56.2 Å². The first-order chi connectivity index (χ1) is 22.5. The summed E-state index contributed by atoms with van der Waals surface area (Å²) in [6, 6.07) is 15.3. The summed E-state index contributed by atoms with van der Waals surface area (Å²) in [5, 5.41) is 30.5. The van der Waals surface area contributed by atoms with Gasteiger partial charge in [-0.25, -0.2) is 9.97 Å². The predicted octanol–water partition coefficient (Wildman–Crippen LogP) is 8.13. The number of aryl methyl sites for hydroxylation is 4. The lowest BCUT2D eigenvalue weighted by Crippen LogP contribution is -2.12. The maximum atomic E-state index is 11.4. The fraction of sp³-hybridized carbons (Fsp3) is 0.333. The highest BCUT2D eigenvalue weighted by atomic mass is 16.6. The maximum Gasteiger partial charge on any atom is 0.280 e. The number of nitro benzene ring substituents is 1. The Balaban J connectivity index is 0.000000188. The Morgan fingerprint density at radius 1 is 0.688 bits per heavy atom. The molecular weight excluding hydrogens is 604 g/mol. The van der Waals surface area contributed by atoms with Crippen molar-refractivity contribution in [2.45, 2.75) is 66.2 Å². The number of pyridine rings is 2. The molecule has 4 heterocycles. The van der Waals surface area contributed by atoms with Gasteiger partial charge in [0.1, 0.15) is 23.3 Å². The van der Waals surface area contributed by atoms with E-state index in [1.54, 1.807) is 36.1 Å². The third-order valence-corrected chi connectivity index (χ3v) is 8.30. The van der Waals surface area contributed by atoms with Crippen molar-refractivity contribution in [3.05, 3.63) is 93.6 Å². The van der Waals surface area contributed by atoms with Crippen LogP contribution in [-0.4, -0.2) is 34.5 Å². The Labute approximate surface area is 280 Å². The van der Waals surface area contributed by atoms with Gasteiger partial charge in [0.2, 0.25) is 0 Å². The number of hydrogen-bond acceptors (Lipinski definition) is 9. The van der Waals surface area contributed by atoms with Crippen LogP contribution in [-0.2, 0) is 24.9 Å². The zero-order valence-corrected chi connectivity index (χ0v) is 29.3. The first-order valence-corrected chi connectivity index (χ1v) is 15.7. The van der Waals surface area contributed by atoms with Crippen LogP contribution < -0.4 is 16.4 Å². The molecule has 6 rings (SSSR count). The number of anilines is 5. The fourth-order valence-corrected chi connectivity index (χ4v) is 5.32. The van der Waals surface area contributed by atoms with Crippen LogP contribution in [0.25, 0.3) is 21.5 Å². The molecule has 0 atom stereocenters. The van der Waals surface area contributed by atoms with E-state index in [0.29, 0.717) is 22.2 Å². The lowest BCUT2D eigenvalue weighted by atomic mass is 9.92. The minimum Gasteiger partial charge on any atom is -0.398 e. The summed E-state index contributed by atoms with van der Waals surface area (Å²) in [7, 11) is 3.79. The Bertz CT molecular complexity index is 2150. The van der Waals surface area contributed by atoms with Crippen molar-refractivity contribution in [1.82, 2.24) is 29.5 Å². The van der Waals surface area contributed by atoms with Gasteiger partial charge in [0.15, 0.2) is 0 Å². The van der Waals surface area contributed by atoms with Crippen molar-refractivity contribution in [3.63, 3.8) is 0 Å². The largest absolute Gasteiger partial charge is 0.398 e. The molecule has 4 aromatic heterocycles. The van der Waals surface area contributed by atoms with Crippen LogP contribution in [0.2, 0.25) is 0 Å². The molecule has 48 heavy (non-hydrogen) atoms. The minimum atomic E-state index is -0.344. The number of nitrogens with two attached hydrogens (primary N) is 1. The normalized spacial score (nSPS) is 11.8. The molecule has 0 amide bonds. The Morgan fingerprint density at radius 3 is 1.56 bits per heavy atom. The Morgan fingerprint density at radius 2 is 1.12 bits per heavy atom. The summed E-state index contributed by atoms with van der Waals surface area (Å²) < 4.78 is 3.60. The standard InChI is InChI=1S/C18H21N5O2.C18H23N5/c1-11-6-7-13-12(16(11)23(24)25)8-9-19-17(13)20-15-10-14(18(2,3)4)21-22(15)5;1-11-6-7-13-12(16(11)19)8-9-20-17(13)21-15-10-14(18(2,3)4)22-23(15)5/h6-10H,1-5H3,(H,19,20);6-10H,19H2,1-5H3,(H,20,21). The van der Waals surface area contributed by atoms with Crippen molar-refractivity contribution in [2.75, 3.05) is 16.4 Å². The fourth-order valence-electron chi connectivity index (χ4n) is 5.32. The van der Waals surface area contributed by atoms with E-state index in [1.165, 1.54) is 0 Å². The van der Waals surface area contributed by atoms with Crippen molar-refractivity contribution < 1.29 is 4.92 Å². The average Bonchev–Trinajstić information content (AvgIpc) is 3.57. The van der Waals surface area contributed by atoms with Crippen LogP contribution >= 0.6 is 0 Å². The van der Waals surface area contributed by atoms with Crippen LogP contribution in [0.3, 0.4) is 0 Å². The van der Waals surface area contributed by atoms with E-state index in [4.69, 9.17) is 5.73 Å². The van der Waals surface area contributed by atoms with Gasteiger partial charge in [-0.05, 0) is 37.6 Å². The highest BCUT2D eigenvalue weighted by molar-refractivity contribution is 6.01. The lowest BCUT2D eigenvalue weighted by Gasteiger charge is -2.13. The monoisotopic (exact) mass is 648 g/mol. The summed E-state index contributed by atoms with van der Waals surface area (Å²) >= 11 is 0. The topological polar surface area (TPSA) is 155 Å². The molecule has 0 aliphatic heterocycles. The van der Waals surface area contributed by atoms with E-state index >= 15 is 0 Å². The number of rotatable bonds is 5. The molecule has 12 heteroatoms. The van der Waals surface area contributed by atoms with Gasteiger partial charge in [-0.2, -0.15) is 10.2 Å². The van der Waals surface area contributed by atoms with Gasteiger partial charge >= 0.3 is 0 Å². The minimum absolute atomic E-state index is 0.00537. The van der Waals surface area contributed by atoms with Crippen LogP contribution in [0.4, 0.5) is 34.6 Å². The third-order valence-electron chi connectivity index (χ3n) is 8.30. The number of nitrogen functional groups attached to an aromatic ring is 1. The molecule has 12 nitrogen and oxygen atoms in total. The summed E-state index contributed by atoms with van der Waals surface area (Å²) in [4.78, 5) is 19.9. The van der Waals surface area contributed by atoms with Crippen LogP contribution in [0.5, 0.6) is 0 Å². The van der Waals surface area contributed by atoms with Crippen molar-refractivity contribution in [1.29, 1.82) is 0 Å². The summed E-state index contributed by atoms with van der Waals surface area (Å²) in [6.45, 7) is 16.5. The van der Waals surface area contributed by atoms with E-state index in [1.807, 2.05) is 50.0 Å². The predicted molar refractivity (Wildman–Crippen MR) is 194 cm³/mol. The van der Waals surface area contributed by atoms with Gasteiger partial charge < -0.3 is 16.4 Å². The van der Waals surface area contributed by atoms with Crippen LogP contribution in [0, 0.1) is 24.0 Å². The third kappa shape index (κ3) is 6.78. The number of nitro groups is 1. The number of nitrogens with one attached hydrogen (secondary N) is 2. The maximum absolute atomic E-state index is 11.4. The van der Waals surface area contributed by atoms with E-state index in [9.17, 15) is 10.1 Å². The van der Waals surface area contributed by atoms with E-state index in [2.05, 4.69) is 84.5 Å². The van der Waals surface area contributed by atoms with Crippen molar-refractivity contribution in [3.8, 4) is 0 Å². The van der Waals surface area contributed by atoms with E-state index in [-0.39, 0.29) is 21.4 Å². The second-order valence-corrected chi connectivity index (χ2v) is 14.1. The molecule has 0 bridgehead atoms. The second kappa shape index (κ2) is 12.6. The molecular formula is C36H44N10O2. The summed E-state index contributed by atoms with van der Waals surface area (Å²) in [5.41, 5.74) is 10.7. The molecule has 0 spiro atoms. The van der Waals surface area contributed by atoms with Crippen LogP contribution in [0.1, 0.15) is 64.1 Å². The molecule has 2 aromatic carbocycles. The lowest BCUT2D eigenvalue weighted by molar-refractivity contribution is -0.383. The second-order valence-electron chi connectivity index (χ2n) is 14.1. The highest BCUT2D eigenvalue weighted by Gasteiger charge is 2.22. The Kier molecular flexibility index (Phi) is 8.87. The zero-order chi connectivity index (χ0) is 35.1. The van der Waals surface area contributed by atoms with Gasteiger partial charge in [0, 0.05) is 76.9 Å². The van der Waals surface area contributed by atoms with E-state index < -0.39 is 0 Å². The average molecular weight is 649 g/mol. The number of fused-ring (bicyclic) bond motifs is 2.